The summed E-state index contributed by atoms with van der Waals surface area (Å²) in [7, 11) is -7.00. The number of sulfonamides is 2. The second kappa shape index (κ2) is 12.3. The van der Waals surface area contributed by atoms with Gasteiger partial charge in [0.1, 0.15) is 17.7 Å². The maximum Gasteiger partial charge on any atom is 0.262 e. The molecular weight excluding hydrogens is 592 g/mol. The molecule has 4 rings (SSSR count). The van der Waals surface area contributed by atoms with Gasteiger partial charge in [0, 0.05) is 19.5 Å². The lowest BCUT2D eigenvalue weighted by Gasteiger charge is -2.38. The first kappa shape index (κ1) is 31.3. The Balaban J connectivity index is 1.76. The van der Waals surface area contributed by atoms with E-state index in [9.17, 15) is 35.5 Å². The van der Waals surface area contributed by atoms with Crippen molar-refractivity contribution in [3.8, 4) is 5.75 Å². The number of aliphatic hydroxyl groups is 1. The van der Waals surface area contributed by atoms with E-state index in [-0.39, 0.29) is 46.5 Å². The molecular formula is C28H31F2N3O7S2. The number of rotatable bonds is 9. The standard InChI is InChI=1S/C28H31F2N3O7S2/c1-18-15-33(19(2)17-34)28(35)24-5-4-6-25(31-41(36,37)22-11-7-20(29)8-12-22)27(24)40-26(18)16-32(3)42(38,39)23-13-9-21(30)10-14-23/h4-14,18-19,26,31,34H,15-17H2,1-3H3/t18-,19+,26+/m1/s1. The summed E-state index contributed by atoms with van der Waals surface area (Å²) in [6.45, 7) is 2.92. The molecule has 1 heterocycles. The fraction of sp³-hybridized carbons (Fsp3) is 0.321. The molecule has 1 aliphatic heterocycles. The van der Waals surface area contributed by atoms with Crippen molar-refractivity contribution < 1.29 is 40.3 Å². The normalized spacial score (nSPS) is 18.5. The molecule has 0 bridgehead atoms. The van der Waals surface area contributed by atoms with Crippen LogP contribution in [0.25, 0.3) is 0 Å². The summed E-state index contributed by atoms with van der Waals surface area (Å²) in [5.74, 6) is -2.37. The molecule has 10 nitrogen and oxygen atoms in total. The minimum Gasteiger partial charge on any atom is -0.486 e. The van der Waals surface area contributed by atoms with Gasteiger partial charge in [0.15, 0.2) is 5.75 Å². The van der Waals surface area contributed by atoms with Crippen LogP contribution in [0.2, 0.25) is 0 Å². The van der Waals surface area contributed by atoms with Gasteiger partial charge in [-0.15, -0.1) is 0 Å². The SMILES string of the molecule is C[C@@H]1CN([C@@H](C)CO)C(=O)c2cccc(NS(=O)(=O)c3ccc(F)cc3)c2O[C@H]1CN(C)S(=O)(=O)c1ccc(F)cc1. The van der Waals surface area contributed by atoms with E-state index in [1.807, 2.05) is 0 Å². The monoisotopic (exact) mass is 623 g/mol. The van der Waals surface area contributed by atoms with Crippen LogP contribution in [0.1, 0.15) is 24.2 Å². The van der Waals surface area contributed by atoms with Crippen LogP contribution in [0.4, 0.5) is 14.5 Å². The second-order valence-corrected chi connectivity index (χ2v) is 13.8. The number of nitrogens with zero attached hydrogens (tertiary/aromatic N) is 2. The first-order chi connectivity index (χ1) is 19.7. The third-order valence-corrected chi connectivity index (χ3v) is 10.2. The summed E-state index contributed by atoms with van der Waals surface area (Å²) in [5, 5.41) is 9.86. The van der Waals surface area contributed by atoms with Crippen LogP contribution in [-0.2, 0) is 20.0 Å². The number of hydrogen-bond donors (Lipinski definition) is 2. The van der Waals surface area contributed by atoms with Crippen molar-refractivity contribution in [3.63, 3.8) is 0 Å². The quantitative estimate of drug-likeness (QED) is 0.374. The minimum atomic E-state index is -4.25. The highest BCUT2D eigenvalue weighted by Crippen LogP contribution is 2.36. The van der Waals surface area contributed by atoms with E-state index in [0.717, 1.165) is 52.8 Å². The van der Waals surface area contributed by atoms with Crippen LogP contribution >= 0.6 is 0 Å². The number of carbonyl (C=O) groups excluding carboxylic acids is 1. The predicted octanol–water partition coefficient (Wildman–Crippen LogP) is 3.31. The molecule has 3 aromatic rings. The van der Waals surface area contributed by atoms with Gasteiger partial charge in [-0.1, -0.05) is 13.0 Å². The van der Waals surface area contributed by atoms with Crippen LogP contribution in [-0.4, -0.2) is 75.9 Å². The topological polar surface area (TPSA) is 133 Å². The van der Waals surface area contributed by atoms with E-state index in [1.54, 1.807) is 13.8 Å². The Bertz CT molecular complexity index is 1650. The predicted molar refractivity (Wildman–Crippen MR) is 151 cm³/mol. The zero-order chi connectivity index (χ0) is 30.8. The lowest BCUT2D eigenvalue weighted by atomic mass is 9.99. The fourth-order valence-corrected chi connectivity index (χ4v) is 6.74. The Morgan fingerprint density at radius 3 is 2.14 bits per heavy atom. The Morgan fingerprint density at radius 2 is 1.57 bits per heavy atom. The maximum absolute atomic E-state index is 13.6. The number of benzene rings is 3. The number of para-hydroxylation sites is 1. The largest absolute Gasteiger partial charge is 0.486 e. The summed E-state index contributed by atoms with van der Waals surface area (Å²) in [4.78, 5) is 14.7. The fourth-order valence-electron chi connectivity index (χ4n) is 4.50. The lowest BCUT2D eigenvalue weighted by molar-refractivity contribution is 0.0389. The molecule has 3 aromatic carbocycles. The number of likely N-dealkylation sites (N-methyl/N-ethyl adjacent to an activating group) is 1. The van der Waals surface area contributed by atoms with Crippen LogP contribution in [0, 0.1) is 17.6 Å². The Morgan fingerprint density at radius 1 is 1.00 bits per heavy atom. The van der Waals surface area contributed by atoms with Crippen LogP contribution < -0.4 is 9.46 Å². The van der Waals surface area contributed by atoms with E-state index in [0.29, 0.717) is 0 Å². The highest BCUT2D eigenvalue weighted by atomic mass is 32.2. The molecule has 1 amide bonds. The molecule has 0 unspecified atom stereocenters. The van der Waals surface area contributed by atoms with Crippen LogP contribution in [0.3, 0.4) is 0 Å². The average Bonchev–Trinajstić information content (AvgIpc) is 2.95. The van der Waals surface area contributed by atoms with Gasteiger partial charge < -0.3 is 14.7 Å². The van der Waals surface area contributed by atoms with Gasteiger partial charge in [-0.2, -0.15) is 4.31 Å². The summed E-state index contributed by atoms with van der Waals surface area (Å²) < 4.78 is 89.4. The molecule has 0 spiro atoms. The summed E-state index contributed by atoms with van der Waals surface area (Å²) in [6.07, 6.45) is -0.901. The van der Waals surface area contributed by atoms with Crippen LogP contribution in [0.5, 0.6) is 5.75 Å². The Labute approximate surface area is 243 Å². The molecule has 42 heavy (non-hydrogen) atoms. The van der Waals surface area contributed by atoms with E-state index in [2.05, 4.69) is 4.72 Å². The highest BCUT2D eigenvalue weighted by molar-refractivity contribution is 7.92. The summed E-state index contributed by atoms with van der Waals surface area (Å²) >= 11 is 0. The van der Waals surface area contributed by atoms with Gasteiger partial charge in [-0.3, -0.25) is 9.52 Å². The van der Waals surface area contributed by atoms with Crippen molar-refractivity contribution in [2.24, 2.45) is 5.92 Å². The molecule has 14 heteroatoms. The summed E-state index contributed by atoms with van der Waals surface area (Å²) in [5.41, 5.74) is -0.0968. The number of hydrogen-bond acceptors (Lipinski definition) is 7. The molecule has 0 fully saturated rings. The summed E-state index contributed by atoms with van der Waals surface area (Å²) in [6, 6.07) is 12.2. The number of carbonyl (C=O) groups is 1. The van der Waals surface area contributed by atoms with Gasteiger partial charge >= 0.3 is 0 Å². The molecule has 2 N–H and O–H groups in total. The van der Waals surface area contributed by atoms with Crippen molar-refractivity contribution in [1.82, 2.24) is 9.21 Å². The van der Waals surface area contributed by atoms with Crippen molar-refractivity contribution in [1.29, 1.82) is 0 Å². The third kappa shape index (κ3) is 6.56. The van der Waals surface area contributed by atoms with Gasteiger partial charge in [-0.25, -0.2) is 25.6 Å². The molecule has 0 saturated carbocycles. The van der Waals surface area contributed by atoms with Gasteiger partial charge in [0.25, 0.3) is 15.9 Å². The average molecular weight is 624 g/mol. The van der Waals surface area contributed by atoms with Crippen molar-refractivity contribution in [3.05, 3.63) is 83.9 Å². The zero-order valence-electron chi connectivity index (χ0n) is 23.1. The molecule has 1 aliphatic rings. The van der Waals surface area contributed by atoms with Crippen LogP contribution in [0.15, 0.2) is 76.5 Å². The third-order valence-electron chi connectivity index (χ3n) is 7.02. The minimum absolute atomic E-state index is 0.00412. The molecule has 0 aromatic heterocycles. The Kier molecular flexibility index (Phi) is 9.21. The van der Waals surface area contributed by atoms with Crippen molar-refractivity contribution in [2.75, 3.05) is 31.5 Å². The first-order valence-corrected chi connectivity index (χ1v) is 15.9. The maximum atomic E-state index is 13.6. The molecule has 226 valence electrons. The number of anilines is 1. The van der Waals surface area contributed by atoms with E-state index < -0.39 is 55.7 Å². The van der Waals surface area contributed by atoms with E-state index in [1.165, 1.54) is 30.1 Å². The molecule has 0 aliphatic carbocycles. The number of fused-ring (bicyclic) bond motifs is 1. The van der Waals surface area contributed by atoms with E-state index in [4.69, 9.17) is 4.74 Å². The highest BCUT2D eigenvalue weighted by Gasteiger charge is 2.36. The van der Waals surface area contributed by atoms with Crippen molar-refractivity contribution >= 4 is 31.6 Å². The van der Waals surface area contributed by atoms with Gasteiger partial charge in [0.05, 0.1) is 40.2 Å². The Hall–Kier alpha value is -3.59. The van der Waals surface area contributed by atoms with Gasteiger partial charge in [-0.05, 0) is 67.6 Å². The molecule has 0 saturated heterocycles. The van der Waals surface area contributed by atoms with Crippen molar-refractivity contribution in [2.45, 2.75) is 35.8 Å². The number of ether oxygens (including phenoxy) is 1. The molecule has 3 atom stereocenters. The smallest absolute Gasteiger partial charge is 0.262 e. The number of halogens is 2. The van der Waals surface area contributed by atoms with E-state index >= 15 is 0 Å². The lowest BCUT2D eigenvalue weighted by Crippen LogP contribution is -2.50. The zero-order valence-corrected chi connectivity index (χ0v) is 24.7. The molecule has 0 radical (unpaired) electrons. The number of aliphatic hydroxyl groups excluding tert-OH is 1. The second-order valence-electron chi connectivity index (χ2n) is 10.1. The van der Waals surface area contributed by atoms with Gasteiger partial charge in [0.2, 0.25) is 10.0 Å². The number of amides is 1. The number of nitrogens with one attached hydrogen (secondary N) is 1. The first-order valence-electron chi connectivity index (χ1n) is 13.0.